The van der Waals surface area contributed by atoms with Crippen LogP contribution in [-0.4, -0.2) is 36.1 Å². The molecule has 1 amide bonds. The number of aliphatic hydroxyl groups is 1. The zero-order valence-corrected chi connectivity index (χ0v) is 18.4. The minimum absolute atomic E-state index is 0.0840. The molecule has 0 bridgehead atoms. The van der Waals surface area contributed by atoms with Crippen LogP contribution in [0.25, 0.3) is 5.76 Å². The van der Waals surface area contributed by atoms with E-state index in [0.717, 1.165) is 5.56 Å². The Hall–Kier alpha value is -4.26. The monoisotopic (exact) mass is 445 g/mol. The number of phenolic OH excluding ortho intramolecular Hbond substituents is 1. The first-order valence-electron chi connectivity index (χ1n) is 10.2. The lowest BCUT2D eigenvalue weighted by Gasteiger charge is -2.26. The maximum atomic E-state index is 13.2. The molecule has 1 atom stereocenters. The van der Waals surface area contributed by atoms with Crippen molar-refractivity contribution in [3.63, 3.8) is 0 Å². The van der Waals surface area contributed by atoms with E-state index in [0.29, 0.717) is 22.6 Å². The largest absolute Gasteiger partial charge is 0.507 e. The van der Waals surface area contributed by atoms with Crippen LogP contribution < -0.4 is 14.4 Å². The summed E-state index contributed by atoms with van der Waals surface area (Å²) in [7, 11) is 2.96. The fourth-order valence-corrected chi connectivity index (χ4v) is 4.00. The SMILES string of the molecule is COc1ccc(/C(O)=C2/C(=O)C(=O)N(c3cc(C)ccc3O)C2c2ccccc2)cc1OC. The number of carbonyl (C=O) groups excluding carboxylic acids is 2. The van der Waals surface area contributed by atoms with Crippen LogP contribution in [0, 0.1) is 6.92 Å². The first kappa shape index (κ1) is 22.0. The number of phenols is 1. The average Bonchev–Trinajstić information content (AvgIpc) is 3.10. The van der Waals surface area contributed by atoms with Crippen LogP contribution in [0.4, 0.5) is 5.69 Å². The Balaban J connectivity index is 1.96. The summed E-state index contributed by atoms with van der Waals surface area (Å²) in [5.41, 5.74) is 1.81. The highest BCUT2D eigenvalue weighted by Gasteiger charge is 2.47. The van der Waals surface area contributed by atoms with Crippen molar-refractivity contribution in [3.8, 4) is 17.2 Å². The smallest absolute Gasteiger partial charge is 0.300 e. The lowest BCUT2D eigenvalue weighted by molar-refractivity contribution is -0.132. The van der Waals surface area contributed by atoms with Crippen molar-refractivity contribution in [2.24, 2.45) is 0 Å². The molecule has 2 N–H and O–H groups in total. The molecule has 7 heteroatoms. The van der Waals surface area contributed by atoms with Crippen LogP contribution in [0.2, 0.25) is 0 Å². The standard InChI is InChI=1S/C26H23NO6/c1-15-9-11-19(28)18(13-15)27-23(16-7-5-4-6-8-16)22(25(30)26(27)31)24(29)17-10-12-20(32-2)21(14-17)33-3/h4-14,23,28-29H,1-3H3/b24-22-. The molecule has 0 aromatic heterocycles. The number of carbonyl (C=O) groups is 2. The van der Waals surface area contributed by atoms with Gasteiger partial charge in [0.1, 0.15) is 11.5 Å². The van der Waals surface area contributed by atoms with Crippen LogP contribution in [0.1, 0.15) is 22.7 Å². The predicted octanol–water partition coefficient (Wildman–Crippen LogP) is 4.34. The summed E-state index contributed by atoms with van der Waals surface area (Å²) in [5.74, 6) is -1.36. The molecule has 1 aliphatic rings. The topological polar surface area (TPSA) is 96.3 Å². The number of hydrogen-bond acceptors (Lipinski definition) is 6. The number of benzene rings is 3. The summed E-state index contributed by atoms with van der Waals surface area (Å²) >= 11 is 0. The molecule has 7 nitrogen and oxygen atoms in total. The highest BCUT2D eigenvalue weighted by atomic mass is 16.5. The quantitative estimate of drug-likeness (QED) is 0.345. The Morgan fingerprint density at radius 2 is 1.61 bits per heavy atom. The molecule has 1 unspecified atom stereocenters. The van der Waals surface area contributed by atoms with Crippen molar-refractivity contribution >= 4 is 23.1 Å². The van der Waals surface area contributed by atoms with Gasteiger partial charge < -0.3 is 19.7 Å². The van der Waals surface area contributed by atoms with Gasteiger partial charge in [0.25, 0.3) is 11.7 Å². The molecule has 0 spiro atoms. The van der Waals surface area contributed by atoms with Gasteiger partial charge in [0.2, 0.25) is 0 Å². The Kier molecular flexibility index (Phi) is 5.79. The second-order valence-electron chi connectivity index (χ2n) is 7.64. The molecule has 33 heavy (non-hydrogen) atoms. The van der Waals surface area contributed by atoms with Gasteiger partial charge in [0, 0.05) is 5.56 Å². The van der Waals surface area contributed by atoms with E-state index in [1.165, 1.54) is 31.3 Å². The fourth-order valence-electron chi connectivity index (χ4n) is 4.00. The summed E-state index contributed by atoms with van der Waals surface area (Å²) in [6.45, 7) is 1.82. The highest BCUT2D eigenvalue weighted by Crippen LogP contribution is 2.45. The van der Waals surface area contributed by atoms with E-state index in [2.05, 4.69) is 0 Å². The third-order valence-corrected chi connectivity index (χ3v) is 5.61. The van der Waals surface area contributed by atoms with Gasteiger partial charge in [-0.25, -0.2) is 0 Å². The molecular weight excluding hydrogens is 422 g/mol. The van der Waals surface area contributed by atoms with Gasteiger partial charge in [0.05, 0.1) is 31.5 Å². The number of Topliss-reactive ketones (excluding diaryl/α,β-unsaturated/α-hetero) is 1. The Labute approximate surface area is 191 Å². The highest BCUT2D eigenvalue weighted by molar-refractivity contribution is 6.51. The summed E-state index contributed by atoms with van der Waals surface area (Å²) in [4.78, 5) is 27.6. The van der Waals surface area contributed by atoms with E-state index in [1.54, 1.807) is 48.5 Å². The van der Waals surface area contributed by atoms with E-state index >= 15 is 0 Å². The molecule has 0 aliphatic carbocycles. The van der Waals surface area contributed by atoms with Crippen LogP contribution in [0.3, 0.4) is 0 Å². The predicted molar refractivity (Wildman–Crippen MR) is 124 cm³/mol. The number of hydrogen-bond donors (Lipinski definition) is 2. The molecule has 1 fully saturated rings. The first-order chi connectivity index (χ1) is 15.9. The van der Waals surface area contributed by atoms with Gasteiger partial charge in [-0.05, 0) is 48.4 Å². The average molecular weight is 445 g/mol. The van der Waals surface area contributed by atoms with E-state index in [9.17, 15) is 19.8 Å². The molecule has 0 radical (unpaired) electrons. The van der Waals surface area contributed by atoms with Crippen molar-refractivity contribution in [2.45, 2.75) is 13.0 Å². The molecule has 1 saturated heterocycles. The van der Waals surface area contributed by atoms with Gasteiger partial charge in [-0.1, -0.05) is 36.4 Å². The lowest BCUT2D eigenvalue weighted by Crippen LogP contribution is -2.29. The fraction of sp³-hybridized carbons (Fsp3) is 0.154. The number of ketones is 1. The second-order valence-corrected chi connectivity index (χ2v) is 7.64. The number of ether oxygens (including phenoxy) is 2. The van der Waals surface area contributed by atoms with E-state index in [1.807, 2.05) is 13.0 Å². The number of aliphatic hydroxyl groups excluding tert-OH is 1. The maximum absolute atomic E-state index is 13.2. The van der Waals surface area contributed by atoms with Crippen LogP contribution in [0.15, 0.2) is 72.3 Å². The van der Waals surface area contributed by atoms with Crippen molar-refractivity contribution in [3.05, 3.63) is 89.0 Å². The number of anilines is 1. The Morgan fingerprint density at radius 1 is 0.909 bits per heavy atom. The summed E-state index contributed by atoms with van der Waals surface area (Å²) < 4.78 is 10.6. The van der Waals surface area contributed by atoms with E-state index < -0.39 is 17.7 Å². The number of methoxy groups -OCH3 is 2. The molecule has 1 aliphatic heterocycles. The molecule has 4 rings (SSSR count). The maximum Gasteiger partial charge on any atom is 0.300 e. The zero-order chi connectivity index (χ0) is 23.7. The first-order valence-corrected chi connectivity index (χ1v) is 10.2. The molecular formula is C26H23NO6. The van der Waals surface area contributed by atoms with Crippen molar-refractivity contribution in [1.82, 2.24) is 0 Å². The number of aryl methyl sites for hydroxylation is 1. The van der Waals surface area contributed by atoms with Crippen LogP contribution in [0.5, 0.6) is 17.2 Å². The van der Waals surface area contributed by atoms with E-state index in [4.69, 9.17) is 9.47 Å². The molecule has 3 aromatic rings. The number of rotatable bonds is 5. The Bertz CT molecular complexity index is 1270. The van der Waals surface area contributed by atoms with Gasteiger partial charge in [-0.3, -0.25) is 14.5 Å². The minimum atomic E-state index is -0.938. The summed E-state index contributed by atoms with van der Waals surface area (Å²) in [6.07, 6.45) is 0. The van der Waals surface area contributed by atoms with Crippen molar-refractivity contribution in [2.75, 3.05) is 19.1 Å². The summed E-state index contributed by atoms with van der Waals surface area (Å²) in [6, 6.07) is 17.5. The lowest BCUT2D eigenvalue weighted by atomic mass is 9.95. The number of aromatic hydroxyl groups is 1. The van der Waals surface area contributed by atoms with Gasteiger partial charge >= 0.3 is 0 Å². The van der Waals surface area contributed by atoms with Crippen LogP contribution >= 0.6 is 0 Å². The van der Waals surface area contributed by atoms with Gasteiger partial charge in [-0.2, -0.15) is 0 Å². The molecule has 1 heterocycles. The second kappa shape index (κ2) is 8.70. The summed E-state index contributed by atoms with van der Waals surface area (Å²) in [5, 5.41) is 21.8. The van der Waals surface area contributed by atoms with Crippen molar-refractivity contribution in [1.29, 1.82) is 0 Å². The minimum Gasteiger partial charge on any atom is -0.507 e. The molecule has 3 aromatic carbocycles. The third kappa shape index (κ3) is 3.78. The Morgan fingerprint density at radius 3 is 2.27 bits per heavy atom. The number of amides is 1. The van der Waals surface area contributed by atoms with Crippen LogP contribution in [-0.2, 0) is 9.59 Å². The van der Waals surface area contributed by atoms with E-state index in [-0.39, 0.29) is 22.8 Å². The van der Waals surface area contributed by atoms with Gasteiger partial charge in [0.15, 0.2) is 11.5 Å². The van der Waals surface area contributed by atoms with Crippen molar-refractivity contribution < 1.29 is 29.3 Å². The van der Waals surface area contributed by atoms with Gasteiger partial charge in [-0.15, -0.1) is 0 Å². The number of nitrogens with zero attached hydrogens (tertiary/aromatic N) is 1. The molecule has 168 valence electrons. The zero-order valence-electron chi connectivity index (χ0n) is 18.4. The molecule has 0 saturated carbocycles. The normalized spacial score (nSPS) is 17.3. The third-order valence-electron chi connectivity index (χ3n) is 5.61.